The van der Waals surface area contributed by atoms with Crippen molar-refractivity contribution in [1.82, 2.24) is 0 Å². The molecular weight excluding hydrogens is 236 g/mol. The van der Waals surface area contributed by atoms with E-state index in [0.717, 1.165) is 23.5 Å². The number of carbonyl (C=O) groups is 2. The molecule has 0 saturated carbocycles. The second-order valence-electron chi connectivity index (χ2n) is 3.84. The van der Waals surface area contributed by atoms with Crippen LogP contribution in [0.15, 0.2) is 11.4 Å². The lowest BCUT2D eigenvalue weighted by Crippen LogP contribution is -2.29. The number of nitrogens with one attached hydrogen (secondary N) is 1. The molecule has 1 aromatic heterocycles. The van der Waals surface area contributed by atoms with Crippen LogP contribution in [0.4, 0.5) is 10.7 Å². The third-order valence-electron chi connectivity index (χ3n) is 2.34. The number of unbranched alkanes of at least 4 members (excludes halogenated alkanes) is 1. The Balaban J connectivity index is 2.89. The average molecular weight is 254 g/mol. The lowest BCUT2D eigenvalue weighted by molar-refractivity contribution is -0.117. The van der Waals surface area contributed by atoms with Crippen molar-refractivity contribution in [3.63, 3.8) is 0 Å². The number of rotatable bonds is 5. The van der Waals surface area contributed by atoms with Gasteiger partial charge in [-0.2, -0.15) is 0 Å². The summed E-state index contributed by atoms with van der Waals surface area (Å²) in [4.78, 5) is 24.4. The molecule has 0 aromatic carbocycles. The van der Waals surface area contributed by atoms with Gasteiger partial charge in [-0.3, -0.25) is 9.59 Å². The van der Waals surface area contributed by atoms with E-state index >= 15 is 0 Å². The third-order valence-corrected chi connectivity index (χ3v) is 3.16. The van der Waals surface area contributed by atoms with Crippen molar-refractivity contribution in [2.24, 2.45) is 0 Å². The molecule has 1 heterocycles. The van der Waals surface area contributed by atoms with Crippen molar-refractivity contribution in [1.29, 1.82) is 0 Å². The quantitative estimate of drug-likeness (QED) is 0.878. The third kappa shape index (κ3) is 3.85. The molecule has 4 nitrogen and oxygen atoms in total. The topological polar surface area (TPSA) is 49.4 Å². The molecule has 0 radical (unpaired) electrons. The van der Waals surface area contributed by atoms with Crippen LogP contribution in [0, 0.1) is 0 Å². The number of thiophene rings is 1. The van der Waals surface area contributed by atoms with Gasteiger partial charge in [-0.1, -0.05) is 13.3 Å². The van der Waals surface area contributed by atoms with E-state index in [1.165, 1.54) is 18.3 Å². The van der Waals surface area contributed by atoms with Gasteiger partial charge < -0.3 is 10.2 Å². The molecule has 94 valence electrons. The highest BCUT2D eigenvalue weighted by atomic mass is 32.1. The van der Waals surface area contributed by atoms with E-state index < -0.39 is 0 Å². The van der Waals surface area contributed by atoms with Crippen LogP contribution in [0.25, 0.3) is 0 Å². The van der Waals surface area contributed by atoms with E-state index in [0.29, 0.717) is 6.54 Å². The minimum atomic E-state index is -0.118. The number of carbonyl (C=O) groups excluding carboxylic acids is 2. The zero-order chi connectivity index (χ0) is 12.8. The summed E-state index contributed by atoms with van der Waals surface area (Å²) >= 11 is 1.43. The molecule has 0 unspecified atom stereocenters. The molecule has 0 atom stereocenters. The van der Waals surface area contributed by atoms with Gasteiger partial charge >= 0.3 is 0 Å². The standard InChI is InChI=1S/C12H18N2O2S/c1-4-5-7-14(10(3)16)11-6-8-17-12(11)13-9(2)15/h6,8H,4-5,7H2,1-3H3,(H,13,15). The normalized spacial score (nSPS) is 10.1. The van der Waals surface area contributed by atoms with Gasteiger partial charge in [-0.15, -0.1) is 11.3 Å². The van der Waals surface area contributed by atoms with E-state index in [-0.39, 0.29) is 11.8 Å². The van der Waals surface area contributed by atoms with Crippen LogP contribution in [-0.4, -0.2) is 18.4 Å². The van der Waals surface area contributed by atoms with Crippen molar-refractivity contribution in [3.8, 4) is 0 Å². The van der Waals surface area contributed by atoms with Gasteiger partial charge in [0.2, 0.25) is 11.8 Å². The summed E-state index contributed by atoms with van der Waals surface area (Å²) in [7, 11) is 0. The Bertz CT molecular complexity index is 401. The molecule has 1 aromatic rings. The Kier molecular flexibility index (Phi) is 5.15. The zero-order valence-corrected chi connectivity index (χ0v) is 11.3. The molecule has 0 fully saturated rings. The minimum Gasteiger partial charge on any atom is -0.316 e. The van der Waals surface area contributed by atoms with Crippen molar-refractivity contribution in [2.75, 3.05) is 16.8 Å². The van der Waals surface area contributed by atoms with Crippen molar-refractivity contribution in [2.45, 2.75) is 33.6 Å². The van der Waals surface area contributed by atoms with Gasteiger partial charge in [-0.25, -0.2) is 0 Å². The Morgan fingerprint density at radius 2 is 2.12 bits per heavy atom. The highest BCUT2D eigenvalue weighted by Gasteiger charge is 2.16. The molecule has 1 N–H and O–H groups in total. The fourth-order valence-electron chi connectivity index (χ4n) is 1.53. The van der Waals surface area contributed by atoms with Crippen LogP contribution in [0.5, 0.6) is 0 Å². The molecule has 0 bridgehead atoms. The van der Waals surface area contributed by atoms with E-state index in [4.69, 9.17) is 0 Å². The smallest absolute Gasteiger partial charge is 0.223 e. The summed E-state index contributed by atoms with van der Waals surface area (Å²) in [6.45, 7) is 5.79. The predicted molar refractivity (Wildman–Crippen MR) is 71.6 cm³/mol. The molecule has 0 spiro atoms. The molecule has 17 heavy (non-hydrogen) atoms. The van der Waals surface area contributed by atoms with E-state index in [1.54, 1.807) is 11.8 Å². The SMILES string of the molecule is CCCCN(C(C)=O)c1ccsc1NC(C)=O. The van der Waals surface area contributed by atoms with Crippen LogP contribution >= 0.6 is 11.3 Å². The molecule has 1 rings (SSSR count). The van der Waals surface area contributed by atoms with Gasteiger partial charge in [0.25, 0.3) is 0 Å². The number of anilines is 2. The Labute approximate surface area is 106 Å². The van der Waals surface area contributed by atoms with Crippen LogP contribution in [0.1, 0.15) is 33.6 Å². The van der Waals surface area contributed by atoms with Crippen molar-refractivity contribution >= 4 is 33.8 Å². The average Bonchev–Trinajstić information content (AvgIpc) is 2.65. The lowest BCUT2D eigenvalue weighted by atomic mass is 10.3. The second-order valence-corrected chi connectivity index (χ2v) is 4.76. The monoisotopic (exact) mass is 254 g/mol. The lowest BCUT2D eigenvalue weighted by Gasteiger charge is -2.21. The maximum absolute atomic E-state index is 11.6. The number of hydrogen-bond acceptors (Lipinski definition) is 3. The van der Waals surface area contributed by atoms with Crippen molar-refractivity contribution in [3.05, 3.63) is 11.4 Å². The number of amides is 2. The van der Waals surface area contributed by atoms with Gasteiger partial charge in [-0.05, 0) is 17.9 Å². The molecule has 0 aliphatic rings. The maximum Gasteiger partial charge on any atom is 0.223 e. The van der Waals surface area contributed by atoms with Gasteiger partial charge in [0.15, 0.2) is 0 Å². The van der Waals surface area contributed by atoms with E-state index in [1.807, 2.05) is 11.4 Å². The first-order valence-corrected chi connectivity index (χ1v) is 6.57. The summed E-state index contributed by atoms with van der Waals surface area (Å²) in [5, 5.41) is 5.37. The summed E-state index contributed by atoms with van der Waals surface area (Å²) in [5.41, 5.74) is 0.797. The first kappa shape index (κ1) is 13.7. The summed E-state index contributed by atoms with van der Waals surface area (Å²) < 4.78 is 0. The van der Waals surface area contributed by atoms with Crippen molar-refractivity contribution < 1.29 is 9.59 Å². The van der Waals surface area contributed by atoms with Gasteiger partial charge in [0.05, 0.1) is 5.69 Å². The molecule has 0 aliphatic carbocycles. The first-order valence-electron chi connectivity index (χ1n) is 5.69. The Hall–Kier alpha value is -1.36. The van der Waals surface area contributed by atoms with Crippen LogP contribution in [0.2, 0.25) is 0 Å². The van der Waals surface area contributed by atoms with E-state index in [2.05, 4.69) is 12.2 Å². The summed E-state index contributed by atoms with van der Waals surface area (Å²) in [5.74, 6) is -0.115. The first-order chi connectivity index (χ1) is 8.06. The molecule has 0 saturated heterocycles. The fraction of sp³-hybridized carbons (Fsp3) is 0.500. The Morgan fingerprint density at radius 3 is 2.65 bits per heavy atom. The maximum atomic E-state index is 11.6. The molecule has 0 aliphatic heterocycles. The van der Waals surface area contributed by atoms with Crippen LogP contribution in [0.3, 0.4) is 0 Å². The molecule has 5 heteroatoms. The highest BCUT2D eigenvalue weighted by molar-refractivity contribution is 7.15. The molecule has 2 amide bonds. The van der Waals surface area contributed by atoms with Gasteiger partial charge in [0.1, 0.15) is 5.00 Å². The van der Waals surface area contributed by atoms with Gasteiger partial charge in [0, 0.05) is 20.4 Å². The zero-order valence-electron chi connectivity index (χ0n) is 10.4. The Morgan fingerprint density at radius 1 is 1.41 bits per heavy atom. The summed E-state index contributed by atoms with van der Waals surface area (Å²) in [6, 6.07) is 1.87. The number of nitrogens with zero attached hydrogens (tertiary/aromatic N) is 1. The largest absolute Gasteiger partial charge is 0.316 e. The summed E-state index contributed by atoms with van der Waals surface area (Å²) in [6.07, 6.45) is 1.98. The van der Waals surface area contributed by atoms with Crippen LogP contribution < -0.4 is 10.2 Å². The second kappa shape index (κ2) is 6.39. The fourth-order valence-corrected chi connectivity index (χ4v) is 2.37. The molecular formula is C12H18N2O2S. The van der Waals surface area contributed by atoms with Crippen LogP contribution in [-0.2, 0) is 9.59 Å². The minimum absolute atomic E-state index is 0.00320. The van der Waals surface area contributed by atoms with E-state index in [9.17, 15) is 9.59 Å². The predicted octanol–water partition coefficient (Wildman–Crippen LogP) is 2.86. The highest BCUT2D eigenvalue weighted by Crippen LogP contribution is 2.32. The number of hydrogen-bond donors (Lipinski definition) is 1.